The zero-order valence-electron chi connectivity index (χ0n) is 12.5. The fraction of sp³-hybridized carbons (Fsp3) is 0.375. The number of nitrogens with zero attached hydrogens (tertiary/aromatic N) is 2. The molecule has 0 radical (unpaired) electrons. The van der Waals surface area contributed by atoms with Crippen LogP contribution in [0.25, 0.3) is 10.1 Å². The van der Waals surface area contributed by atoms with E-state index in [0.717, 1.165) is 11.1 Å². The summed E-state index contributed by atoms with van der Waals surface area (Å²) < 4.78 is 14.5. The molecule has 1 saturated heterocycles. The summed E-state index contributed by atoms with van der Waals surface area (Å²) in [5.74, 6) is -0.563. The lowest BCUT2D eigenvalue weighted by Gasteiger charge is -2.25. The maximum absolute atomic E-state index is 13.8. The first kappa shape index (κ1) is 15.0. The fourth-order valence-corrected chi connectivity index (χ4v) is 3.87. The molecule has 4 nitrogen and oxygen atoms in total. The molecule has 0 N–H and O–H groups in total. The number of hydrogen-bond donors (Lipinski definition) is 0. The lowest BCUT2D eigenvalue weighted by atomic mass is 10.2. The molecule has 0 spiro atoms. The molecule has 1 aromatic heterocycles. The maximum Gasteiger partial charge on any atom is 0.264 e. The first-order valence-corrected chi connectivity index (χ1v) is 8.01. The molecule has 3 rings (SSSR count). The number of likely N-dealkylation sites (N-methyl/N-ethyl adjacent to an activating group) is 1. The van der Waals surface area contributed by atoms with Gasteiger partial charge in [0.1, 0.15) is 11.9 Å². The highest BCUT2D eigenvalue weighted by molar-refractivity contribution is 7.20. The molecule has 22 heavy (non-hydrogen) atoms. The van der Waals surface area contributed by atoms with Crippen molar-refractivity contribution in [2.75, 3.05) is 20.6 Å². The van der Waals surface area contributed by atoms with Crippen LogP contribution >= 0.6 is 11.3 Å². The van der Waals surface area contributed by atoms with E-state index in [2.05, 4.69) is 0 Å². The van der Waals surface area contributed by atoms with Gasteiger partial charge < -0.3 is 9.80 Å². The number of amides is 2. The predicted octanol–water partition coefficient (Wildman–Crippen LogP) is 2.73. The molecule has 1 fully saturated rings. The van der Waals surface area contributed by atoms with E-state index in [4.69, 9.17) is 0 Å². The smallest absolute Gasteiger partial charge is 0.264 e. The maximum atomic E-state index is 13.8. The summed E-state index contributed by atoms with van der Waals surface area (Å²) in [6.45, 7) is 0.569. The zero-order valence-corrected chi connectivity index (χ0v) is 13.3. The number of halogens is 1. The quantitative estimate of drug-likeness (QED) is 0.854. The Bertz CT molecular complexity index is 741. The van der Waals surface area contributed by atoms with E-state index >= 15 is 0 Å². The summed E-state index contributed by atoms with van der Waals surface area (Å²) in [7, 11) is 3.39. The van der Waals surface area contributed by atoms with Crippen molar-refractivity contribution in [3.05, 3.63) is 35.0 Å². The molecular formula is C16H17FN2O2S. The highest BCUT2D eigenvalue weighted by Crippen LogP contribution is 2.30. The number of hydrogen-bond acceptors (Lipinski definition) is 3. The Kier molecular flexibility index (Phi) is 3.87. The lowest BCUT2D eigenvalue weighted by Crippen LogP contribution is -2.45. The van der Waals surface area contributed by atoms with Gasteiger partial charge in [0.05, 0.1) is 4.88 Å². The van der Waals surface area contributed by atoms with Crippen LogP contribution in [0.4, 0.5) is 4.39 Å². The second kappa shape index (κ2) is 5.68. The lowest BCUT2D eigenvalue weighted by molar-refractivity contribution is -0.132. The van der Waals surface area contributed by atoms with Crippen LogP contribution in [0.1, 0.15) is 22.5 Å². The molecule has 116 valence electrons. The van der Waals surface area contributed by atoms with Crippen molar-refractivity contribution in [1.29, 1.82) is 0 Å². The second-order valence-electron chi connectivity index (χ2n) is 5.65. The van der Waals surface area contributed by atoms with Gasteiger partial charge in [0, 0.05) is 30.7 Å². The third-order valence-electron chi connectivity index (χ3n) is 3.96. The van der Waals surface area contributed by atoms with Crippen LogP contribution in [0.15, 0.2) is 24.3 Å². The van der Waals surface area contributed by atoms with Crippen molar-refractivity contribution < 1.29 is 14.0 Å². The van der Waals surface area contributed by atoms with Crippen LogP contribution in [-0.2, 0) is 4.79 Å². The molecule has 0 bridgehead atoms. The van der Waals surface area contributed by atoms with Crippen LogP contribution in [0.2, 0.25) is 0 Å². The van der Waals surface area contributed by atoms with E-state index in [9.17, 15) is 14.0 Å². The van der Waals surface area contributed by atoms with Gasteiger partial charge in [-0.3, -0.25) is 9.59 Å². The molecule has 2 aromatic rings. The van der Waals surface area contributed by atoms with E-state index in [1.807, 2.05) is 0 Å². The van der Waals surface area contributed by atoms with Gasteiger partial charge in [-0.1, -0.05) is 6.07 Å². The van der Waals surface area contributed by atoms with Gasteiger partial charge in [-0.25, -0.2) is 4.39 Å². The van der Waals surface area contributed by atoms with Gasteiger partial charge in [0.25, 0.3) is 5.91 Å². The Labute approximate surface area is 132 Å². The fourth-order valence-electron chi connectivity index (χ4n) is 2.84. The third kappa shape index (κ3) is 2.47. The van der Waals surface area contributed by atoms with Gasteiger partial charge in [0.15, 0.2) is 0 Å². The number of carbonyl (C=O) groups is 2. The number of likely N-dealkylation sites (tertiary alicyclic amines) is 1. The summed E-state index contributed by atoms with van der Waals surface area (Å²) in [6, 6.07) is 6.01. The van der Waals surface area contributed by atoms with Crippen molar-refractivity contribution >= 4 is 33.2 Å². The molecule has 0 saturated carbocycles. The van der Waals surface area contributed by atoms with Crippen molar-refractivity contribution in [2.45, 2.75) is 18.9 Å². The minimum absolute atomic E-state index is 0.0573. The number of benzene rings is 1. The molecule has 1 unspecified atom stereocenters. The monoisotopic (exact) mass is 320 g/mol. The molecule has 1 aliphatic heterocycles. The third-order valence-corrected chi connectivity index (χ3v) is 5.05. The molecule has 1 atom stereocenters. The van der Waals surface area contributed by atoms with Gasteiger partial charge in [-0.2, -0.15) is 0 Å². The topological polar surface area (TPSA) is 40.6 Å². The van der Waals surface area contributed by atoms with E-state index in [1.54, 1.807) is 37.2 Å². The van der Waals surface area contributed by atoms with E-state index < -0.39 is 6.04 Å². The predicted molar refractivity (Wildman–Crippen MR) is 84.5 cm³/mol. The summed E-state index contributed by atoms with van der Waals surface area (Å²) in [5, 5.41) is 0.463. The molecule has 1 aliphatic rings. The zero-order chi connectivity index (χ0) is 15.9. The highest BCUT2D eigenvalue weighted by atomic mass is 32.1. The van der Waals surface area contributed by atoms with E-state index in [1.165, 1.54) is 22.3 Å². The van der Waals surface area contributed by atoms with Crippen molar-refractivity contribution in [2.24, 2.45) is 0 Å². The first-order chi connectivity index (χ1) is 10.5. The van der Waals surface area contributed by atoms with Gasteiger partial charge in [-0.05, 0) is 31.0 Å². The molecule has 2 amide bonds. The van der Waals surface area contributed by atoms with Crippen LogP contribution in [0.5, 0.6) is 0 Å². The van der Waals surface area contributed by atoms with Crippen molar-refractivity contribution in [1.82, 2.24) is 9.80 Å². The molecular weight excluding hydrogens is 303 g/mol. The van der Waals surface area contributed by atoms with Gasteiger partial charge in [0.2, 0.25) is 5.91 Å². The highest BCUT2D eigenvalue weighted by Gasteiger charge is 2.35. The van der Waals surface area contributed by atoms with E-state index in [0.29, 0.717) is 23.2 Å². The Morgan fingerprint density at radius 2 is 2.14 bits per heavy atom. The SMILES string of the molecule is CN(C)C(=O)C1CCCN1C(=O)c1cc2c(F)cccc2s1. The molecule has 1 aromatic carbocycles. The van der Waals surface area contributed by atoms with Crippen LogP contribution in [0, 0.1) is 5.82 Å². The number of thiophene rings is 1. The molecule has 0 aliphatic carbocycles. The molecule has 6 heteroatoms. The normalized spacial score (nSPS) is 18.0. The number of carbonyl (C=O) groups excluding carboxylic acids is 2. The average molecular weight is 320 g/mol. The van der Waals surface area contributed by atoms with Crippen LogP contribution < -0.4 is 0 Å². The van der Waals surface area contributed by atoms with Crippen molar-refractivity contribution in [3.8, 4) is 0 Å². The largest absolute Gasteiger partial charge is 0.347 e. The Hall–Kier alpha value is -1.95. The second-order valence-corrected chi connectivity index (χ2v) is 6.74. The summed E-state index contributed by atoms with van der Waals surface area (Å²) in [6.07, 6.45) is 1.50. The van der Waals surface area contributed by atoms with E-state index in [-0.39, 0.29) is 17.6 Å². The van der Waals surface area contributed by atoms with Crippen LogP contribution in [0.3, 0.4) is 0 Å². The minimum Gasteiger partial charge on any atom is -0.347 e. The molecule has 2 heterocycles. The standard InChI is InChI=1S/C16H17FN2O2S/c1-18(2)15(20)12-6-4-8-19(12)16(21)14-9-10-11(17)5-3-7-13(10)22-14/h3,5,7,9,12H,4,6,8H2,1-2H3. The first-order valence-electron chi connectivity index (χ1n) is 7.19. The summed E-state index contributed by atoms with van der Waals surface area (Å²) in [5.41, 5.74) is 0. The van der Waals surface area contributed by atoms with Crippen LogP contribution in [-0.4, -0.2) is 48.3 Å². The van der Waals surface area contributed by atoms with Gasteiger partial charge >= 0.3 is 0 Å². The number of rotatable bonds is 2. The Morgan fingerprint density at radius 3 is 2.82 bits per heavy atom. The summed E-state index contributed by atoms with van der Waals surface area (Å²) >= 11 is 1.27. The Morgan fingerprint density at radius 1 is 1.36 bits per heavy atom. The number of fused-ring (bicyclic) bond motifs is 1. The van der Waals surface area contributed by atoms with Gasteiger partial charge in [-0.15, -0.1) is 11.3 Å². The summed E-state index contributed by atoms with van der Waals surface area (Å²) in [4.78, 5) is 28.5. The van der Waals surface area contributed by atoms with Crippen molar-refractivity contribution in [3.63, 3.8) is 0 Å². The minimum atomic E-state index is -0.405. The Balaban J connectivity index is 1.91. The average Bonchev–Trinajstić information content (AvgIpc) is 3.13.